The Hall–Kier alpha value is -0.300. The van der Waals surface area contributed by atoms with Crippen molar-refractivity contribution in [2.45, 2.75) is 27.7 Å². The molecule has 0 rings (SSSR count). The number of rotatable bonds is 4. The minimum atomic E-state index is -1.50. The lowest BCUT2D eigenvalue weighted by Crippen LogP contribution is -2.21. The first-order valence-electron chi connectivity index (χ1n) is 5.11. The molecule has 0 bridgehead atoms. The lowest BCUT2D eigenvalue weighted by atomic mass is 10.9. The van der Waals surface area contributed by atoms with Crippen molar-refractivity contribution in [1.29, 1.82) is 0 Å². The number of carbonyl (C=O) groups is 1. The Kier molecular flexibility index (Phi) is 10.7. The SMILES string of the molecule is CC[P+](CC)(CC)CC.COC(=O)[O-]. The van der Waals surface area contributed by atoms with Crippen LogP contribution in [0.3, 0.4) is 0 Å². The molecule has 0 aromatic carbocycles. The molecule has 0 unspecified atom stereocenters. The van der Waals surface area contributed by atoms with Gasteiger partial charge in [-0.1, -0.05) is 0 Å². The Morgan fingerprint density at radius 1 is 1.07 bits per heavy atom. The van der Waals surface area contributed by atoms with Crippen molar-refractivity contribution >= 4 is 13.4 Å². The van der Waals surface area contributed by atoms with Crippen molar-refractivity contribution < 1.29 is 14.6 Å². The zero-order valence-electron chi connectivity index (χ0n) is 10.0. The average Bonchev–Trinajstić information content (AvgIpc) is 2.23. The van der Waals surface area contributed by atoms with E-state index in [4.69, 9.17) is 9.90 Å². The quantitative estimate of drug-likeness (QED) is 0.540. The molecule has 0 N–H and O–H groups in total. The maximum atomic E-state index is 9.03. The molecule has 0 aliphatic rings. The van der Waals surface area contributed by atoms with Crippen LogP contribution in [-0.2, 0) is 4.74 Å². The van der Waals surface area contributed by atoms with Gasteiger partial charge in [-0.3, -0.25) is 0 Å². The third kappa shape index (κ3) is 7.14. The number of carboxylic acid groups (broad SMARTS) is 1. The van der Waals surface area contributed by atoms with Gasteiger partial charge in [0.1, 0.15) is 0 Å². The van der Waals surface area contributed by atoms with Crippen LogP contribution in [0, 0.1) is 0 Å². The highest BCUT2D eigenvalue weighted by Gasteiger charge is 2.27. The predicted octanol–water partition coefficient (Wildman–Crippen LogP) is 2.06. The van der Waals surface area contributed by atoms with E-state index in [0.717, 1.165) is 7.11 Å². The van der Waals surface area contributed by atoms with E-state index in [2.05, 4.69) is 32.4 Å². The zero-order chi connectivity index (χ0) is 11.6. The van der Waals surface area contributed by atoms with Crippen LogP contribution in [0.2, 0.25) is 0 Å². The molecule has 0 amide bonds. The highest BCUT2D eigenvalue weighted by molar-refractivity contribution is 7.75. The summed E-state index contributed by atoms with van der Waals surface area (Å²) in [6, 6.07) is 0. The molecule has 0 saturated heterocycles. The normalized spacial score (nSPS) is 10.1. The van der Waals surface area contributed by atoms with E-state index in [9.17, 15) is 0 Å². The Morgan fingerprint density at radius 3 is 1.29 bits per heavy atom. The fraction of sp³-hybridized carbons (Fsp3) is 0.900. The van der Waals surface area contributed by atoms with E-state index < -0.39 is 13.4 Å². The van der Waals surface area contributed by atoms with Crippen LogP contribution >= 0.6 is 7.26 Å². The van der Waals surface area contributed by atoms with Crippen LogP contribution in [0.4, 0.5) is 4.79 Å². The molecular weight excluding hydrogens is 199 g/mol. The molecule has 0 aromatic heterocycles. The van der Waals surface area contributed by atoms with Crippen molar-refractivity contribution in [3.63, 3.8) is 0 Å². The lowest BCUT2D eigenvalue weighted by Gasteiger charge is -2.20. The minimum Gasteiger partial charge on any atom is -0.553 e. The summed E-state index contributed by atoms with van der Waals surface area (Å²) in [5.74, 6) is 0. The van der Waals surface area contributed by atoms with Crippen LogP contribution < -0.4 is 5.11 Å². The number of hydrogen-bond donors (Lipinski definition) is 0. The fourth-order valence-electron chi connectivity index (χ4n) is 1.34. The van der Waals surface area contributed by atoms with Crippen molar-refractivity contribution in [3.8, 4) is 0 Å². The van der Waals surface area contributed by atoms with Gasteiger partial charge in [-0.05, 0) is 27.7 Å². The molecule has 0 saturated carbocycles. The standard InChI is InChI=1S/C8H20P.C2H4O3/c1-5-9(6-2,7-3)8-4;1-5-2(3)4/h5-8H2,1-4H3;1H3,(H,3,4)/q+1;/p-1. The van der Waals surface area contributed by atoms with Crippen molar-refractivity contribution in [2.75, 3.05) is 31.8 Å². The van der Waals surface area contributed by atoms with Crippen LogP contribution in [0.1, 0.15) is 27.7 Å². The third-order valence-corrected chi connectivity index (χ3v) is 8.22. The van der Waals surface area contributed by atoms with E-state index >= 15 is 0 Å². The molecule has 0 aromatic rings. The number of carbonyl (C=O) groups excluding carboxylic acids is 1. The predicted molar refractivity (Wildman–Crippen MR) is 61.5 cm³/mol. The first-order valence-corrected chi connectivity index (χ1v) is 7.64. The number of ether oxygens (including phenoxy) is 1. The van der Waals surface area contributed by atoms with Gasteiger partial charge < -0.3 is 14.6 Å². The largest absolute Gasteiger partial charge is 0.553 e. The summed E-state index contributed by atoms with van der Waals surface area (Å²) in [5, 5.41) is 9.03. The Morgan fingerprint density at radius 2 is 1.29 bits per heavy atom. The molecule has 86 valence electrons. The molecule has 0 atom stereocenters. The van der Waals surface area contributed by atoms with Crippen molar-refractivity contribution in [2.24, 2.45) is 0 Å². The molecule has 0 aliphatic carbocycles. The Bertz CT molecular complexity index is 127. The summed E-state index contributed by atoms with van der Waals surface area (Å²) in [7, 11) is 0.617. The van der Waals surface area contributed by atoms with Crippen LogP contribution in [0.25, 0.3) is 0 Å². The van der Waals surface area contributed by atoms with Crippen molar-refractivity contribution in [3.05, 3.63) is 0 Å². The smallest absolute Gasteiger partial charge is 0.251 e. The minimum absolute atomic E-state index is 0.420. The van der Waals surface area contributed by atoms with E-state index in [0.29, 0.717) is 0 Å². The summed E-state index contributed by atoms with van der Waals surface area (Å²) in [6.45, 7) is 9.41. The Labute approximate surface area is 88.2 Å². The van der Waals surface area contributed by atoms with Gasteiger partial charge >= 0.3 is 0 Å². The summed E-state index contributed by atoms with van der Waals surface area (Å²) in [5.41, 5.74) is 0. The number of methoxy groups -OCH3 is 1. The number of hydrogen-bond acceptors (Lipinski definition) is 3. The van der Waals surface area contributed by atoms with E-state index in [1.54, 1.807) is 0 Å². The summed E-state index contributed by atoms with van der Waals surface area (Å²) >= 11 is 0. The first kappa shape index (κ1) is 16.1. The first-order chi connectivity index (χ1) is 6.51. The molecule has 3 nitrogen and oxygen atoms in total. The highest BCUT2D eigenvalue weighted by atomic mass is 31.2. The molecular formula is C10H23O3P. The Balaban J connectivity index is 0. The van der Waals surface area contributed by atoms with Gasteiger partial charge in [0.05, 0.1) is 24.6 Å². The van der Waals surface area contributed by atoms with E-state index in [1.165, 1.54) is 24.6 Å². The lowest BCUT2D eigenvalue weighted by molar-refractivity contribution is -0.279. The molecule has 0 heterocycles. The van der Waals surface area contributed by atoms with Gasteiger partial charge in [0.2, 0.25) is 0 Å². The average molecular weight is 222 g/mol. The second-order valence-electron chi connectivity index (χ2n) is 3.06. The van der Waals surface area contributed by atoms with Gasteiger partial charge in [0.25, 0.3) is 6.16 Å². The second-order valence-corrected chi connectivity index (χ2v) is 8.27. The molecule has 0 aliphatic heterocycles. The summed E-state index contributed by atoms with van der Waals surface area (Å²) < 4.78 is 3.56. The fourth-order valence-corrected chi connectivity index (χ4v) is 4.02. The van der Waals surface area contributed by atoms with Crippen molar-refractivity contribution in [1.82, 2.24) is 0 Å². The van der Waals surface area contributed by atoms with Gasteiger partial charge in [0.15, 0.2) is 0 Å². The monoisotopic (exact) mass is 222 g/mol. The molecule has 14 heavy (non-hydrogen) atoms. The van der Waals surface area contributed by atoms with Gasteiger partial charge in [-0.2, -0.15) is 0 Å². The van der Waals surface area contributed by atoms with Crippen LogP contribution in [-0.4, -0.2) is 37.9 Å². The maximum absolute atomic E-state index is 9.03. The highest BCUT2D eigenvalue weighted by Crippen LogP contribution is 2.57. The molecule has 4 heteroatoms. The van der Waals surface area contributed by atoms with Crippen LogP contribution in [0.5, 0.6) is 0 Å². The second kappa shape index (κ2) is 9.26. The van der Waals surface area contributed by atoms with E-state index in [-0.39, 0.29) is 0 Å². The maximum Gasteiger partial charge on any atom is 0.251 e. The van der Waals surface area contributed by atoms with Gasteiger partial charge in [0, 0.05) is 14.4 Å². The third-order valence-electron chi connectivity index (χ3n) is 2.85. The van der Waals surface area contributed by atoms with Crippen LogP contribution in [0.15, 0.2) is 0 Å². The molecule has 0 fully saturated rings. The summed E-state index contributed by atoms with van der Waals surface area (Å²) in [4.78, 5) is 9.03. The zero-order valence-corrected chi connectivity index (χ0v) is 10.9. The molecule has 0 radical (unpaired) electrons. The molecule has 0 spiro atoms. The topological polar surface area (TPSA) is 49.4 Å². The van der Waals surface area contributed by atoms with Gasteiger partial charge in [-0.15, -0.1) is 0 Å². The van der Waals surface area contributed by atoms with E-state index in [1.807, 2.05) is 0 Å². The van der Waals surface area contributed by atoms with Gasteiger partial charge in [-0.25, -0.2) is 0 Å². The summed E-state index contributed by atoms with van der Waals surface area (Å²) in [6.07, 6.45) is 4.32.